The maximum absolute atomic E-state index is 12.9. The zero-order valence-electron chi connectivity index (χ0n) is 17.1. The number of fused-ring (bicyclic) bond motifs is 1. The molecular formula is C24H25N3O3. The average Bonchev–Trinajstić information content (AvgIpc) is 3.44. The highest BCUT2D eigenvalue weighted by Gasteiger charge is 2.50. The van der Waals surface area contributed by atoms with E-state index in [0.29, 0.717) is 44.6 Å². The molecule has 1 saturated carbocycles. The number of nitrogens with zero attached hydrogens (tertiary/aromatic N) is 3. The molecule has 0 unspecified atom stereocenters. The largest absolute Gasteiger partial charge is 0.380 e. The molecule has 30 heavy (non-hydrogen) atoms. The summed E-state index contributed by atoms with van der Waals surface area (Å²) in [6.07, 6.45) is 1.10. The molecule has 0 aromatic heterocycles. The van der Waals surface area contributed by atoms with Crippen LogP contribution in [-0.4, -0.2) is 64.2 Å². The van der Waals surface area contributed by atoms with Crippen molar-refractivity contribution in [2.45, 2.75) is 31.9 Å². The zero-order chi connectivity index (χ0) is 20.9. The maximum Gasteiger partial charge on any atom is 0.254 e. The molecule has 0 spiro atoms. The molecule has 2 fully saturated rings. The number of hydrogen-bond donors (Lipinski definition) is 1. The molecule has 1 N–H and O–H groups in total. The van der Waals surface area contributed by atoms with Crippen molar-refractivity contribution in [3.8, 4) is 11.1 Å². The first-order valence-corrected chi connectivity index (χ1v) is 10.5. The van der Waals surface area contributed by atoms with Gasteiger partial charge in [-0.25, -0.2) is 0 Å². The summed E-state index contributed by atoms with van der Waals surface area (Å²) in [6.45, 7) is 4.70. The van der Waals surface area contributed by atoms with Crippen LogP contribution in [0.5, 0.6) is 0 Å². The first-order valence-electron chi connectivity index (χ1n) is 10.5. The summed E-state index contributed by atoms with van der Waals surface area (Å²) >= 11 is 0. The van der Waals surface area contributed by atoms with Gasteiger partial charge in [0.2, 0.25) is 0 Å². The van der Waals surface area contributed by atoms with Crippen LogP contribution in [0.4, 0.5) is 0 Å². The van der Waals surface area contributed by atoms with Gasteiger partial charge in [0.1, 0.15) is 5.60 Å². The van der Waals surface area contributed by atoms with E-state index < -0.39 is 5.60 Å². The summed E-state index contributed by atoms with van der Waals surface area (Å²) in [7, 11) is 0. The highest BCUT2D eigenvalue weighted by atomic mass is 16.3. The summed E-state index contributed by atoms with van der Waals surface area (Å²) < 4.78 is 0. The number of aliphatic hydroxyl groups is 1. The van der Waals surface area contributed by atoms with Crippen LogP contribution < -0.4 is 0 Å². The Labute approximate surface area is 175 Å². The Morgan fingerprint density at radius 2 is 1.57 bits per heavy atom. The van der Waals surface area contributed by atoms with Crippen LogP contribution in [-0.2, 0) is 11.3 Å². The van der Waals surface area contributed by atoms with Gasteiger partial charge < -0.3 is 14.9 Å². The molecule has 2 aromatic rings. The van der Waals surface area contributed by atoms with Crippen molar-refractivity contribution in [3.63, 3.8) is 0 Å². The van der Waals surface area contributed by atoms with Crippen molar-refractivity contribution in [3.05, 3.63) is 59.2 Å². The fourth-order valence-corrected chi connectivity index (χ4v) is 4.27. The fourth-order valence-electron chi connectivity index (χ4n) is 4.27. The Morgan fingerprint density at radius 1 is 0.933 bits per heavy atom. The summed E-state index contributed by atoms with van der Waals surface area (Å²) in [4.78, 5) is 33.1. The normalized spacial score (nSPS) is 19.3. The Morgan fingerprint density at radius 3 is 2.23 bits per heavy atom. The minimum Gasteiger partial charge on any atom is -0.380 e. The highest BCUT2D eigenvalue weighted by molar-refractivity contribution is 6.02. The van der Waals surface area contributed by atoms with Crippen LogP contribution in [0, 0.1) is 0 Å². The number of carbonyl (C=O) groups excluding carboxylic acids is 2. The number of hydrogen-bond acceptors (Lipinski definition) is 4. The molecule has 0 radical (unpaired) electrons. The summed E-state index contributed by atoms with van der Waals surface area (Å²) in [5.41, 5.74) is 5.27. The van der Waals surface area contributed by atoms with Crippen LogP contribution in [0.25, 0.3) is 11.1 Å². The third-order valence-electron chi connectivity index (χ3n) is 6.42. The van der Waals surface area contributed by atoms with Gasteiger partial charge >= 0.3 is 0 Å². The second kappa shape index (κ2) is 7.06. The molecule has 2 heterocycles. The van der Waals surface area contributed by atoms with E-state index in [0.717, 1.165) is 23.4 Å². The number of piperazine rings is 1. The van der Waals surface area contributed by atoms with E-state index in [1.165, 1.54) is 11.1 Å². The maximum atomic E-state index is 12.9. The lowest BCUT2D eigenvalue weighted by atomic mass is 9.98. The van der Waals surface area contributed by atoms with Crippen LogP contribution in [0.2, 0.25) is 0 Å². The van der Waals surface area contributed by atoms with Gasteiger partial charge in [0.05, 0.1) is 6.54 Å². The lowest BCUT2D eigenvalue weighted by Crippen LogP contribution is -2.53. The van der Waals surface area contributed by atoms with E-state index in [4.69, 9.17) is 0 Å². The van der Waals surface area contributed by atoms with E-state index in [2.05, 4.69) is 23.2 Å². The fraction of sp³-hybridized carbons (Fsp3) is 0.375. The molecule has 1 saturated heterocycles. The second-order valence-corrected chi connectivity index (χ2v) is 8.47. The molecule has 0 bridgehead atoms. The van der Waals surface area contributed by atoms with Crippen molar-refractivity contribution in [1.82, 2.24) is 9.80 Å². The number of rotatable bonds is 3. The molecule has 2 amide bonds. The van der Waals surface area contributed by atoms with Gasteiger partial charge in [0.15, 0.2) is 0 Å². The molecule has 6 nitrogen and oxygen atoms in total. The molecular weight excluding hydrogens is 378 g/mol. The van der Waals surface area contributed by atoms with Gasteiger partial charge in [0, 0.05) is 43.0 Å². The lowest BCUT2D eigenvalue weighted by Gasteiger charge is -2.35. The first kappa shape index (κ1) is 19.0. The lowest BCUT2D eigenvalue weighted by molar-refractivity contribution is -0.143. The first-order chi connectivity index (χ1) is 14.4. The number of carbonyl (C=O) groups is 2. The molecule has 2 aliphatic heterocycles. The highest BCUT2D eigenvalue weighted by Crippen LogP contribution is 2.37. The summed E-state index contributed by atoms with van der Waals surface area (Å²) in [6, 6.07) is 14.1. The van der Waals surface area contributed by atoms with Gasteiger partial charge in [0.25, 0.3) is 11.8 Å². The predicted molar refractivity (Wildman–Crippen MR) is 114 cm³/mol. The Balaban J connectivity index is 1.24. The summed E-state index contributed by atoms with van der Waals surface area (Å²) in [5.74, 6) is -0.203. The van der Waals surface area contributed by atoms with Gasteiger partial charge in [-0.3, -0.25) is 14.6 Å². The smallest absolute Gasteiger partial charge is 0.254 e. The van der Waals surface area contributed by atoms with Crippen LogP contribution >= 0.6 is 0 Å². The molecule has 5 rings (SSSR count). The monoisotopic (exact) mass is 403 g/mol. The van der Waals surface area contributed by atoms with Crippen molar-refractivity contribution in [2.24, 2.45) is 4.99 Å². The van der Waals surface area contributed by atoms with Gasteiger partial charge in [-0.15, -0.1) is 0 Å². The predicted octanol–water partition coefficient (Wildman–Crippen LogP) is 2.49. The van der Waals surface area contributed by atoms with Crippen molar-refractivity contribution < 1.29 is 14.7 Å². The van der Waals surface area contributed by atoms with Gasteiger partial charge in [-0.05, 0) is 54.7 Å². The molecule has 6 heteroatoms. The second-order valence-electron chi connectivity index (χ2n) is 8.47. The number of aliphatic imine (C=N–C) groups is 1. The van der Waals surface area contributed by atoms with Crippen molar-refractivity contribution >= 4 is 17.5 Å². The summed E-state index contributed by atoms with van der Waals surface area (Å²) in [5, 5.41) is 10.0. The topological polar surface area (TPSA) is 73.2 Å². The number of amides is 2. The van der Waals surface area contributed by atoms with Crippen LogP contribution in [0.15, 0.2) is 47.5 Å². The SMILES string of the molecule is CC1=NCc2cc(-c3ccc(C(=O)N4CCN(C(=O)C5(O)CC5)CC4)cc3)ccc21. The zero-order valence-corrected chi connectivity index (χ0v) is 17.1. The third-order valence-corrected chi connectivity index (χ3v) is 6.42. The Hall–Kier alpha value is -2.99. The van der Waals surface area contributed by atoms with E-state index in [-0.39, 0.29) is 11.8 Å². The average molecular weight is 403 g/mol. The van der Waals surface area contributed by atoms with E-state index >= 15 is 0 Å². The minimum atomic E-state index is -1.13. The van der Waals surface area contributed by atoms with E-state index in [9.17, 15) is 14.7 Å². The van der Waals surface area contributed by atoms with Gasteiger partial charge in [-0.2, -0.15) is 0 Å². The Kier molecular flexibility index (Phi) is 4.47. The quantitative estimate of drug-likeness (QED) is 0.856. The van der Waals surface area contributed by atoms with Crippen LogP contribution in [0.3, 0.4) is 0 Å². The molecule has 154 valence electrons. The standard InChI is InChI=1S/C24H25N3O3/c1-16-21-7-6-19(14-20(21)15-25-16)17-2-4-18(5-3-17)22(28)26-10-12-27(13-11-26)23(29)24(30)8-9-24/h2-7,14,30H,8-13,15H2,1H3. The van der Waals surface area contributed by atoms with Crippen molar-refractivity contribution in [2.75, 3.05) is 26.2 Å². The Bertz CT molecular complexity index is 1050. The molecule has 2 aromatic carbocycles. The molecule has 3 aliphatic rings. The van der Waals surface area contributed by atoms with Crippen LogP contribution in [0.1, 0.15) is 41.3 Å². The minimum absolute atomic E-state index is 0.0169. The molecule has 0 atom stereocenters. The van der Waals surface area contributed by atoms with E-state index in [1.807, 2.05) is 31.2 Å². The molecule has 1 aliphatic carbocycles. The third kappa shape index (κ3) is 3.31. The van der Waals surface area contributed by atoms with Gasteiger partial charge in [-0.1, -0.05) is 24.3 Å². The number of benzene rings is 2. The van der Waals surface area contributed by atoms with Crippen molar-refractivity contribution in [1.29, 1.82) is 0 Å². The van der Waals surface area contributed by atoms with E-state index in [1.54, 1.807) is 9.80 Å².